The third-order valence-electron chi connectivity index (χ3n) is 2.54. The number of hydrogen-bond acceptors (Lipinski definition) is 3. The van der Waals surface area contributed by atoms with Crippen molar-refractivity contribution in [1.29, 1.82) is 0 Å². The Morgan fingerprint density at radius 2 is 2.19 bits per heavy atom. The molecule has 3 nitrogen and oxygen atoms in total. The van der Waals surface area contributed by atoms with Gasteiger partial charge in [0.2, 0.25) is 0 Å². The molecule has 0 atom stereocenters. The summed E-state index contributed by atoms with van der Waals surface area (Å²) in [4.78, 5) is 4.43. The van der Waals surface area contributed by atoms with E-state index in [0.717, 1.165) is 15.6 Å². The molecule has 0 saturated heterocycles. The van der Waals surface area contributed by atoms with Crippen molar-refractivity contribution in [3.8, 4) is 0 Å². The molecule has 0 spiro atoms. The quantitative estimate of drug-likeness (QED) is 0.941. The molecule has 2 N–H and O–H groups in total. The molecule has 0 saturated carbocycles. The van der Waals surface area contributed by atoms with E-state index < -0.39 is 0 Å². The molecule has 2 rings (SSSR count). The molecule has 0 aliphatic heterocycles. The summed E-state index contributed by atoms with van der Waals surface area (Å²) < 4.78 is 6.60. The molecule has 0 radical (unpaired) electrons. The van der Waals surface area contributed by atoms with E-state index in [4.69, 9.17) is 10.2 Å². The van der Waals surface area contributed by atoms with E-state index in [1.807, 2.05) is 0 Å². The van der Waals surface area contributed by atoms with Crippen LogP contribution in [-0.2, 0) is 6.42 Å². The van der Waals surface area contributed by atoms with Crippen LogP contribution in [0.25, 0.3) is 11.1 Å². The first-order valence-corrected chi connectivity index (χ1v) is 6.20. The van der Waals surface area contributed by atoms with Crippen LogP contribution in [0.2, 0.25) is 0 Å². The SMILES string of the molecule is CC(C)c1cc(Br)c2oc(CCN)nc2c1. The van der Waals surface area contributed by atoms with E-state index in [1.54, 1.807) is 0 Å². The molecule has 0 aliphatic rings. The molecule has 1 aromatic heterocycles. The summed E-state index contributed by atoms with van der Waals surface area (Å²) in [7, 11) is 0. The van der Waals surface area contributed by atoms with Crippen molar-refractivity contribution in [2.75, 3.05) is 6.54 Å². The van der Waals surface area contributed by atoms with Crippen LogP contribution in [0, 0.1) is 0 Å². The standard InChI is InChI=1S/C12H15BrN2O/c1-7(2)8-5-9(13)12-10(6-8)15-11(16-12)3-4-14/h5-7H,3-4,14H2,1-2H3. The molecule has 0 bridgehead atoms. The van der Waals surface area contributed by atoms with Gasteiger partial charge in [0.05, 0.1) is 4.47 Å². The number of halogens is 1. The monoisotopic (exact) mass is 282 g/mol. The number of oxazole rings is 1. The van der Waals surface area contributed by atoms with Gasteiger partial charge in [-0.05, 0) is 39.5 Å². The Morgan fingerprint density at radius 1 is 1.44 bits per heavy atom. The first-order chi connectivity index (χ1) is 7.61. The van der Waals surface area contributed by atoms with Crippen LogP contribution in [0.5, 0.6) is 0 Å². The van der Waals surface area contributed by atoms with Gasteiger partial charge in [0.1, 0.15) is 5.52 Å². The van der Waals surface area contributed by atoms with Gasteiger partial charge in [-0.3, -0.25) is 0 Å². The lowest BCUT2D eigenvalue weighted by Crippen LogP contribution is -2.02. The highest BCUT2D eigenvalue weighted by Gasteiger charge is 2.11. The molecule has 0 unspecified atom stereocenters. The van der Waals surface area contributed by atoms with Gasteiger partial charge in [-0.2, -0.15) is 0 Å². The van der Waals surface area contributed by atoms with Gasteiger partial charge in [0.15, 0.2) is 11.5 Å². The van der Waals surface area contributed by atoms with Crippen molar-refractivity contribution < 1.29 is 4.42 Å². The van der Waals surface area contributed by atoms with Gasteiger partial charge in [0.25, 0.3) is 0 Å². The minimum atomic E-state index is 0.482. The largest absolute Gasteiger partial charge is 0.439 e. The van der Waals surface area contributed by atoms with Gasteiger partial charge in [-0.15, -0.1) is 0 Å². The summed E-state index contributed by atoms with van der Waals surface area (Å²) in [6, 6.07) is 4.17. The van der Waals surface area contributed by atoms with E-state index in [9.17, 15) is 0 Å². The maximum atomic E-state index is 5.64. The smallest absolute Gasteiger partial charge is 0.196 e. The fraction of sp³-hybridized carbons (Fsp3) is 0.417. The van der Waals surface area contributed by atoms with E-state index in [-0.39, 0.29) is 0 Å². The predicted octanol–water partition coefficient (Wildman–Crippen LogP) is 3.21. The van der Waals surface area contributed by atoms with Gasteiger partial charge < -0.3 is 10.2 Å². The van der Waals surface area contributed by atoms with Crippen LogP contribution in [-0.4, -0.2) is 11.5 Å². The van der Waals surface area contributed by atoms with Crippen molar-refractivity contribution in [1.82, 2.24) is 4.98 Å². The summed E-state index contributed by atoms with van der Waals surface area (Å²) in [5.74, 6) is 1.19. The van der Waals surface area contributed by atoms with Gasteiger partial charge >= 0.3 is 0 Å². The topological polar surface area (TPSA) is 52.0 Å². The third-order valence-corrected chi connectivity index (χ3v) is 3.13. The van der Waals surface area contributed by atoms with E-state index in [0.29, 0.717) is 24.8 Å². The second kappa shape index (κ2) is 4.55. The number of nitrogens with two attached hydrogens (primary N) is 1. The maximum Gasteiger partial charge on any atom is 0.196 e. The molecule has 86 valence electrons. The lowest BCUT2D eigenvalue weighted by atomic mass is 10.0. The highest BCUT2D eigenvalue weighted by molar-refractivity contribution is 9.10. The van der Waals surface area contributed by atoms with Crippen molar-refractivity contribution in [3.05, 3.63) is 28.1 Å². The van der Waals surface area contributed by atoms with Crippen LogP contribution in [0.3, 0.4) is 0 Å². The third kappa shape index (κ3) is 2.13. The molecule has 0 aliphatic carbocycles. The van der Waals surface area contributed by atoms with E-state index in [2.05, 4.69) is 46.9 Å². The minimum Gasteiger partial charge on any atom is -0.439 e. The number of nitrogens with zero attached hydrogens (tertiary/aromatic N) is 1. The molecule has 16 heavy (non-hydrogen) atoms. The molecule has 1 aromatic carbocycles. The van der Waals surface area contributed by atoms with Crippen molar-refractivity contribution in [3.63, 3.8) is 0 Å². The fourth-order valence-corrected chi connectivity index (χ4v) is 2.17. The summed E-state index contributed by atoms with van der Waals surface area (Å²) in [5.41, 5.74) is 8.46. The number of aromatic nitrogens is 1. The Bertz CT molecular complexity index is 505. The van der Waals surface area contributed by atoms with Crippen LogP contribution in [0.1, 0.15) is 31.2 Å². The number of hydrogen-bond donors (Lipinski definition) is 1. The number of fused-ring (bicyclic) bond motifs is 1. The molecule has 0 fully saturated rings. The summed E-state index contributed by atoms with van der Waals surface area (Å²) >= 11 is 3.52. The lowest BCUT2D eigenvalue weighted by Gasteiger charge is -2.04. The van der Waals surface area contributed by atoms with Crippen LogP contribution in [0.4, 0.5) is 0 Å². The van der Waals surface area contributed by atoms with Crippen LogP contribution in [0.15, 0.2) is 21.0 Å². The zero-order valence-corrected chi connectivity index (χ0v) is 11.0. The van der Waals surface area contributed by atoms with Crippen LogP contribution < -0.4 is 5.73 Å². The Kier molecular flexibility index (Phi) is 3.30. The molecule has 2 aromatic rings. The van der Waals surface area contributed by atoms with Crippen LogP contribution >= 0.6 is 15.9 Å². The predicted molar refractivity (Wildman–Crippen MR) is 68.6 cm³/mol. The van der Waals surface area contributed by atoms with E-state index >= 15 is 0 Å². The Morgan fingerprint density at radius 3 is 2.81 bits per heavy atom. The van der Waals surface area contributed by atoms with Gasteiger partial charge in [0, 0.05) is 13.0 Å². The first-order valence-electron chi connectivity index (χ1n) is 5.40. The molecule has 1 heterocycles. The molecule has 4 heteroatoms. The molecular weight excluding hydrogens is 268 g/mol. The van der Waals surface area contributed by atoms with Gasteiger partial charge in [-0.25, -0.2) is 4.98 Å². The fourth-order valence-electron chi connectivity index (χ4n) is 1.62. The summed E-state index contributed by atoms with van der Waals surface area (Å²) in [6.45, 7) is 4.88. The van der Waals surface area contributed by atoms with Crippen molar-refractivity contribution >= 4 is 27.0 Å². The van der Waals surface area contributed by atoms with E-state index in [1.165, 1.54) is 5.56 Å². The van der Waals surface area contributed by atoms with Crippen molar-refractivity contribution in [2.45, 2.75) is 26.2 Å². The highest BCUT2D eigenvalue weighted by atomic mass is 79.9. The Hall–Kier alpha value is -0.870. The zero-order valence-electron chi connectivity index (χ0n) is 9.46. The Balaban J connectivity index is 2.54. The average molecular weight is 283 g/mol. The van der Waals surface area contributed by atoms with Gasteiger partial charge in [-0.1, -0.05) is 13.8 Å². The molecule has 0 amide bonds. The normalized spacial score (nSPS) is 11.6. The maximum absolute atomic E-state index is 5.64. The second-order valence-electron chi connectivity index (χ2n) is 4.15. The number of rotatable bonds is 3. The van der Waals surface area contributed by atoms with Crippen molar-refractivity contribution in [2.24, 2.45) is 5.73 Å². The highest BCUT2D eigenvalue weighted by Crippen LogP contribution is 2.29. The molecular formula is C12H15BrN2O. The lowest BCUT2D eigenvalue weighted by molar-refractivity contribution is 0.530. The first kappa shape index (κ1) is 11.6. The zero-order chi connectivity index (χ0) is 11.7. The average Bonchev–Trinajstić information content (AvgIpc) is 2.61. The second-order valence-corrected chi connectivity index (χ2v) is 5.01. The Labute approximate surface area is 103 Å². The summed E-state index contributed by atoms with van der Waals surface area (Å²) in [6.07, 6.45) is 0.679. The summed E-state index contributed by atoms with van der Waals surface area (Å²) in [5, 5.41) is 0. The minimum absolute atomic E-state index is 0.482. The number of benzene rings is 1.